The second kappa shape index (κ2) is 12.5. The number of urea groups is 1. The van der Waals surface area contributed by atoms with Gasteiger partial charge in [0, 0.05) is 0 Å². The molecule has 4 atom stereocenters. The van der Waals surface area contributed by atoms with Crippen molar-refractivity contribution in [2.24, 2.45) is 5.73 Å². The average molecular weight is 465 g/mol. The van der Waals surface area contributed by atoms with E-state index in [2.05, 4.69) is 0 Å². The van der Waals surface area contributed by atoms with Crippen LogP contribution in [0, 0.1) is 0 Å². The van der Waals surface area contributed by atoms with Crippen LogP contribution in [-0.2, 0) is 18.9 Å². The Kier molecular flexibility index (Phi) is 12.4. The summed E-state index contributed by atoms with van der Waals surface area (Å²) in [4.78, 5) is 14.7. The van der Waals surface area contributed by atoms with Gasteiger partial charge < -0.3 is 24.7 Å². The van der Waals surface area contributed by atoms with E-state index in [0.29, 0.717) is 33.3 Å². The third-order valence-electron chi connectivity index (χ3n) is 4.87. The van der Waals surface area contributed by atoms with Gasteiger partial charge in [0.05, 0.1) is 44.9 Å². The molecule has 7 nitrogen and oxygen atoms in total. The molecule has 0 aliphatic heterocycles. The lowest BCUT2D eigenvalue weighted by Gasteiger charge is -2.56. The molecule has 4 unspecified atom stereocenters. The number of hydrogen-bond donors (Lipinski definition) is 1. The van der Waals surface area contributed by atoms with Crippen LogP contribution in [0.15, 0.2) is 0 Å². The molecule has 0 aromatic heterocycles. The van der Waals surface area contributed by atoms with Crippen LogP contribution < -0.4 is 5.73 Å². The summed E-state index contributed by atoms with van der Waals surface area (Å²) >= 11 is 0. The van der Waals surface area contributed by atoms with Crippen LogP contribution in [0.1, 0.15) is 82.1 Å². The van der Waals surface area contributed by atoms with Crippen LogP contribution in [-0.4, -0.2) is 78.7 Å². The molecule has 180 valence electrons. The SMILES string of the molecule is CCC(OC(C)C)C([SiH3])(OC(C)C)N(C(N)=O)C([SiH3])(OC(C)C)C(CC)OC(C)C. The maximum absolute atomic E-state index is 13.1. The molecule has 30 heavy (non-hydrogen) atoms. The van der Waals surface area contributed by atoms with E-state index in [1.807, 2.05) is 69.2 Å². The van der Waals surface area contributed by atoms with E-state index in [0.717, 1.165) is 0 Å². The van der Waals surface area contributed by atoms with Crippen LogP contribution in [0.5, 0.6) is 0 Å². The van der Waals surface area contributed by atoms with E-state index in [1.165, 1.54) is 0 Å². The van der Waals surface area contributed by atoms with Crippen molar-refractivity contribution in [1.82, 2.24) is 4.90 Å². The van der Waals surface area contributed by atoms with Crippen molar-refractivity contribution < 1.29 is 23.7 Å². The van der Waals surface area contributed by atoms with Gasteiger partial charge in [-0.2, -0.15) is 0 Å². The summed E-state index contributed by atoms with van der Waals surface area (Å²) in [6.07, 6.45) is 0.419. The average Bonchev–Trinajstić information content (AvgIpc) is 2.54. The molecule has 0 spiro atoms. The molecule has 9 heteroatoms. The number of nitrogens with two attached hydrogens (primary N) is 1. The number of rotatable bonds is 14. The Morgan fingerprint density at radius 3 is 1.23 bits per heavy atom. The monoisotopic (exact) mass is 464 g/mol. The standard InChI is InChI=1S/C21H48N2O5Si2/c1-11-17(25-13(3)4)20(29,27-15(7)8)23(19(22)24)21(30,28-16(9)10)18(12-2)26-14(5)6/h13-18H,11-12H2,1-10,29-30H3,(H2,22,24). The Balaban J connectivity index is 6.78. The zero-order valence-electron chi connectivity index (χ0n) is 21.4. The Morgan fingerprint density at radius 2 is 1.07 bits per heavy atom. The molecule has 0 fully saturated rings. The Labute approximate surface area is 190 Å². The summed E-state index contributed by atoms with van der Waals surface area (Å²) in [5.41, 5.74) is 6.07. The molecule has 0 aromatic carbocycles. The van der Waals surface area contributed by atoms with Crippen molar-refractivity contribution in [3.8, 4) is 0 Å². The van der Waals surface area contributed by atoms with Gasteiger partial charge in [0.25, 0.3) is 0 Å². The van der Waals surface area contributed by atoms with Crippen LogP contribution in [0.4, 0.5) is 4.79 Å². The minimum atomic E-state index is -0.997. The van der Waals surface area contributed by atoms with Crippen molar-refractivity contribution in [1.29, 1.82) is 0 Å². The normalized spacial score (nSPS) is 18.7. The van der Waals surface area contributed by atoms with Crippen molar-refractivity contribution in [3.63, 3.8) is 0 Å². The predicted molar refractivity (Wildman–Crippen MR) is 130 cm³/mol. The molecule has 0 heterocycles. The third kappa shape index (κ3) is 7.91. The highest BCUT2D eigenvalue weighted by molar-refractivity contribution is 6.20. The van der Waals surface area contributed by atoms with Gasteiger partial charge in [-0.3, -0.25) is 4.90 Å². The molecule has 0 bridgehead atoms. The van der Waals surface area contributed by atoms with Gasteiger partial charge >= 0.3 is 6.03 Å². The van der Waals surface area contributed by atoms with E-state index in [9.17, 15) is 4.79 Å². The molecule has 0 aliphatic rings. The fourth-order valence-electron chi connectivity index (χ4n) is 4.24. The summed E-state index contributed by atoms with van der Waals surface area (Å²) in [7, 11) is 0.977. The number of primary amides is 1. The molecule has 0 radical (unpaired) electrons. The van der Waals surface area contributed by atoms with Gasteiger partial charge in [-0.15, -0.1) is 0 Å². The fourth-order valence-corrected chi connectivity index (χ4v) is 8.04. The minimum Gasteiger partial charge on any atom is -0.371 e. The number of amides is 2. The fraction of sp³-hybridized carbons (Fsp3) is 0.952. The van der Waals surface area contributed by atoms with Gasteiger partial charge in [-0.1, -0.05) is 13.8 Å². The van der Waals surface area contributed by atoms with Crippen LogP contribution in [0.3, 0.4) is 0 Å². The van der Waals surface area contributed by atoms with Gasteiger partial charge in [0.15, 0.2) is 0 Å². The van der Waals surface area contributed by atoms with Crippen molar-refractivity contribution in [2.45, 2.75) is 129 Å². The number of ether oxygens (including phenoxy) is 4. The second-order valence-electron chi connectivity index (χ2n) is 9.28. The van der Waals surface area contributed by atoms with Crippen molar-refractivity contribution >= 4 is 26.5 Å². The molecule has 0 aliphatic carbocycles. The molecule has 0 saturated carbocycles. The lowest BCUT2D eigenvalue weighted by Crippen LogP contribution is -2.75. The third-order valence-corrected chi connectivity index (χ3v) is 7.52. The van der Waals surface area contributed by atoms with Gasteiger partial charge in [0.2, 0.25) is 0 Å². The predicted octanol–water partition coefficient (Wildman–Crippen LogP) is 1.66. The zero-order valence-corrected chi connectivity index (χ0v) is 25.4. The van der Waals surface area contributed by atoms with Gasteiger partial charge in [0.1, 0.15) is 22.9 Å². The first-order valence-corrected chi connectivity index (χ1v) is 13.4. The molecule has 2 N–H and O–H groups in total. The van der Waals surface area contributed by atoms with Crippen molar-refractivity contribution in [2.75, 3.05) is 0 Å². The molecular weight excluding hydrogens is 416 g/mol. The van der Waals surface area contributed by atoms with E-state index in [1.54, 1.807) is 4.90 Å². The lowest BCUT2D eigenvalue weighted by molar-refractivity contribution is -0.268. The summed E-state index contributed by atoms with van der Waals surface area (Å²) in [5.74, 6) is 0. The molecular formula is C21H48N2O5Si2. The first kappa shape index (κ1) is 29.5. The highest BCUT2D eigenvalue weighted by Crippen LogP contribution is 2.36. The number of carbonyl (C=O) groups excluding carboxylic acids is 1. The number of hydrogen-bond acceptors (Lipinski definition) is 5. The quantitative estimate of drug-likeness (QED) is 0.312. The maximum atomic E-state index is 13.1. The Hall–Kier alpha value is -0.456. The molecule has 0 rings (SSSR count). The maximum Gasteiger partial charge on any atom is 0.318 e. The van der Waals surface area contributed by atoms with E-state index >= 15 is 0 Å². The van der Waals surface area contributed by atoms with Crippen LogP contribution >= 0.6 is 0 Å². The van der Waals surface area contributed by atoms with Crippen LogP contribution in [0.25, 0.3) is 0 Å². The smallest absolute Gasteiger partial charge is 0.318 e. The highest BCUT2D eigenvalue weighted by Gasteiger charge is 2.55. The van der Waals surface area contributed by atoms with E-state index in [4.69, 9.17) is 24.7 Å². The number of nitrogens with zero attached hydrogens (tertiary/aromatic N) is 1. The second-order valence-corrected chi connectivity index (χ2v) is 12.1. The Morgan fingerprint density at radius 1 is 0.767 bits per heavy atom. The molecule has 0 saturated heterocycles. The largest absolute Gasteiger partial charge is 0.371 e. The van der Waals surface area contributed by atoms with E-state index < -0.39 is 16.7 Å². The van der Waals surface area contributed by atoms with E-state index in [-0.39, 0.29) is 36.6 Å². The highest BCUT2D eigenvalue weighted by atomic mass is 28.2. The summed E-state index contributed by atoms with van der Waals surface area (Å²) in [6, 6.07) is -0.571. The van der Waals surface area contributed by atoms with Crippen LogP contribution in [0.2, 0.25) is 0 Å². The first-order chi connectivity index (χ1) is 13.6. The first-order valence-electron chi connectivity index (χ1n) is 11.4. The lowest BCUT2D eigenvalue weighted by atomic mass is 10.1. The minimum absolute atomic E-state index is 0.0165. The van der Waals surface area contributed by atoms with Crippen molar-refractivity contribution in [3.05, 3.63) is 0 Å². The molecule has 0 aromatic rings. The summed E-state index contributed by atoms with van der Waals surface area (Å²) in [6.45, 7) is 19.9. The molecule has 2 amide bonds. The Bertz CT molecular complexity index is 484. The number of carbonyl (C=O) groups is 1. The zero-order chi connectivity index (χ0) is 23.9. The summed E-state index contributed by atoms with van der Waals surface area (Å²) in [5, 5.41) is -1.99. The topological polar surface area (TPSA) is 83.2 Å². The van der Waals surface area contributed by atoms with Gasteiger partial charge in [-0.25, -0.2) is 4.79 Å². The summed E-state index contributed by atoms with van der Waals surface area (Å²) < 4.78 is 25.5. The van der Waals surface area contributed by atoms with Gasteiger partial charge in [-0.05, 0) is 68.2 Å².